The first kappa shape index (κ1) is 12.9. The van der Waals surface area contributed by atoms with E-state index < -0.39 is 0 Å². The van der Waals surface area contributed by atoms with Crippen LogP contribution in [0.2, 0.25) is 0 Å². The smallest absolute Gasteiger partial charge is 0.372 e. The average Bonchev–Trinajstić information content (AvgIpc) is 2.37. The molecule has 0 aliphatic carbocycles. The van der Waals surface area contributed by atoms with Crippen molar-refractivity contribution in [2.24, 2.45) is 0 Å². The van der Waals surface area contributed by atoms with Gasteiger partial charge in [0.2, 0.25) is 6.54 Å². The van der Waals surface area contributed by atoms with Crippen LogP contribution in [0.25, 0.3) is 0 Å². The molecule has 3 nitrogen and oxygen atoms in total. The van der Waals surface area contributed by atoms with Crippen molar-refractivity contribution in [3.63, 3.8) is 0 Å². The molecule has 0 atom stereocenters. The molecule has 0 saturated heterocycles. The fraction of sp³-hybridized carbons (Fsp3) is 0.143. The van der Waals surface area contributed by atoms with E-state index in [1.54, 1.807) is 24.4 Å². The predicted octanol–water partition coefficient (Wildman–Crippen LogP) is 0.623. The second-order valence-electron chi connectivity index (χ2n) is 3.31. The van der Waals surface area contributed by atoms with E-state index in [9.17, 15) is 4.79 Å². The van der Waals surface area contributed by atoms with Crippen LogP contribution in [-0.2, 0) is 16.1 Å². The minimum atomic E-state index is -0.280. The van der Waals surface area contributed by atoms with Crippen LogP contribution in [0.4, 0.5) is 0 Å². The number of hydrogen-bond acceptors (Lipinski definition) is 2. The number of allylic oxidation sites excluding steroid dienone is 3. The molecule has 17 heavy (non-hydrogen) atoms. The first-order chi connectivity index (χ1) is 8.33. The molecule has 0 amide bonds. The fourth-order valence-corrected chi connectivity index (χ4v) is 1.13. The second-order valence-corrected chi connectivity index (χ2v) is 3.31. The zero-order chi connectivity index (χ0) is 12.3. The highest BCUT2D eigenvalue weighted by atomic mass is 16.5. The van der Waals surface area contributed by atoms with Crippen molar-refractivity contribution < 1.29 is 14.5 Å². The molecule has 1 aromatic carbocycles. The maximum Gasteiger partial charge on any atom is 0.372 e. The molecule has 1 rings (SSSR count). The summed E-state index contributed by atoms with van der Waals surface area (Å²) in [5.41, 5.74) is 0.983. The Morgan fingerprint density at radius 2 is 2.06 bits per heavy atom. The van der Waals surface area contributed by atoms with E-state index in [1.807, 2.05) is 30.3 Å². The molecule has 1 N–H and O–H groups in total. The van der Waals surface area contributed by atoms with Crippen LogP contribution in [-0.4, -0.2) is 18.7 Å². The Morgan fingerprint density at radius 1 is 1.29 bits per heavy atom. The first-order valence-electron chi connectivity index (χ1n) is 5.37. The number of carbonyl (C=O) groups is 1. The molecule has 0 saturated carbocycles. The summed E-state index contributed by atoms with van der Waals surface area (Å²) in [6, 6.07) is 9.58. The summed E-state index contributed by atoms with van der Waals surface area (Å²) in [6.07, 6.45) is 6.86. The van der Waals surface area contributed by atoms with Crippen LogP contribution in [0, 0.1) is 0 Å². The number of hydrogen-bond donors (Lipinski definition) is 1. The lowest BCUT2D eigenvalue weighted by Crippen LogP contribution is -2.71. The van der Waals surface area contributed by atoms with Crippen molar-refractivity contribution in [1.82, 2.24) is 0 Å². The summed E-state index contributed by atoms with van der Waals surface area (Å²) >= 11 is 0. The molecule has 3 heteroatoms. The van der Waals surface area contributed by atoms with Crippen LogP contribution in [0.15, 0.2) is 55.1 Å². The summed E-state index contributed by atoms with van der Waals surface area (Å²) in [5.74, 6) is -0.280. The minimum Gasteiger partial charge on any atom is -0.456 e. The van der Waals surface area contributed by atoms with Crippen LogP contribution in [0.3, 0.4) is 0 Å². The summed E-state index contributed by atoms with van der Waals surface area (Å²) in [5, 5.41) is 0. The van der Waals surface area contributed by atoms with E-state index in [0.717, 1.165) is 5.56 Å². The molecule has 0 spiro atoms. The Balaban J connectivity index is 2.24. The Kier molecular flexibility index (Phi) is 6.11. The molecule has 0 radical (unpaired) electrons. The standard InChI is InChI=1S/C14H15NO2/c1-2-3-7-10-15-11-14(16)17-12-13-8-5-4-6-9-13/h2-10H,1,11-12H2/p+1/b7-3-,15-10?. The lowest BCUT2D eigenvalue weighted by Gasteiger charge is -2.00. The summed E-state index contributed by atoms with van der Waals surface area (Å²) in [6.45, 7) is 4.00. The molecule has 0 aliphatic heterocycles. The van der Waals surface area contributed by atoms with Crippen molar-refractivity contribution in [2.45, 2.75) is 6.61 Å². The predicted molar refractivity (Wildman–Crippen MR) is 67.5 cm³/mol. The topological polar surface area (TPSA) is 40.3 Å². The monoisotopic (exact) mass is 230 g/mol. The van der Waals surface area contributed by atoms with Gasteiger partial charge in [-0.15, -0.1) is 0 Å². The lowest BCUT2D eigenvalue weighted by atomic mass is 10.2. The molecular formula is C14H16NO2+. The van der Waals surface area contributed by atoms with Gasteiger partial charge < -0.3 is 4.74 Å². The third kappa shape index (κ3) is 6.10. The van der Waals surface area contributed by atoms with Gasteiger partial charge in [0.15, 0.2) is 6.21 Å². The van der Waals surface area contributed by atoms with Gasteiger partial charge in [-0.2, -0.15) is 0 Å². The van der Waals surface area contributed by atoms with Crippen molar-refractivity contribution in [1.29, 1.82) is 0 Å². The van der Waals surface area contributed by atoms with Crippen LogP contribution >= 0.6 is 0 Å². The maximum atomic E-state index is 11.3. The molecule has 1 aromatic rings. The summed E-state index contributed by atoms with van der Waals surface area (Å²) < 4.78 is 5.07. The first-order valence-corrected chi connectivity index (χ1v) is 5.37. The van der Waals surface area contributed by atoms with Crippen molar-refractivity contribution in [3.8, 4) is 0 Å². The van der Waals surface area contributed by atoms with Gasteiger partial charge in [-0.05, 0) is 5.56 Å². The van der Waals surface area contributed by atoms with Gasteiger partial charge in [0.05, 0.1) is 0 Å². The minimum absolute atomic E-state index is 0.161. The SMILES string of the molecule is C=C/C=C\C=[NH+]CC(=O)OCc1ccccc1. The Labute approximate surface area is 101 Å². The highest BCUT2D eigenvalue weighted by Gasteiger charge is 2.03. The van der Waals surface area contributed by atoms with Crippen molar-refractivity contribution >= 4 is 12.2 Å². The maximum absolute atomic E-state index is 11.3. The highest BCUT2D eigenvalue weighted by Crippen LogP contribution is 1.99. The molecular weight excluding hydrogens is 214 g/mol. The molecule has 0 aromatic heterocycles. The normalized spacial score (nSPS) is 10.8. The number of ether oxygens (including phenoxy) is 1. The molecule has 88 valence electrons. The van der Waals surface area contributed by atoms with Crippen molar-refractivity contribution in [2.75, 3.05) is 6.54 Å². The molecule has 0 fully saturated rings. The van der Waals surface area contributed by atoms with Crippen molar-refractivity contribution in [3.05, 3.63) is 60.7 Å². The molecule has 0 bridgehead atoms. The summed E-state index contributed by atoms with van der Waals surface area (Å²) in [4.78, 5) is 14.1. The van der Waals surface area contributed by atoms with E-state index >= 15 is 0 Å². The third-order valence-corrected chi connectivity index (χ3v) is 1.95. The largest absolute Gasteiger partial charge is 0.456 e. The highest BCUT2D eigenvalue weighted by molar-refractivity contribution is 5.72. The van der Waals surface area contributed by atoms with Gasteiger partial charge in [0, 0.05) is 6.08 Å². The van der Waals surface area contributed by atoms with E-state index in [2.05, 4.69) is 11.6 Å². The van der Waals surface area contributed by atoms with E-state index in [1.165, 1.54) is 0 Å². The van der Waals surface area contributed by atoms with E-state index in [4.69, 9.17) is 4.74 Å². The number of esters is 1. The third-order valence-electron chi connectivity index (χ3n) is 1.95. The number of benzene rings is 1. The van der Waals surface area contributed by atoms with Gasteiger partial charge in [-0.25, -0.2) is 9.79 Å². The lowest BCUT2D eigenvalue weighted by molar-refractivity contribution is -0.441. The van der Waals surface area contributed by atoms with Crippen LogP contribution < -0.4 is 4.99 Å². The van der Waals surface area contributed by atoms with Crippen LogP contribution in [0.5, 0.6) is 0 Å². The van der Waals surface area contributed by atoms with Gasteiger partial charge in [0.25, 0.3) is 0 Å². The molecule has 0 aliphatic rings. The van der Waals surface area contributed by atoms with Gasteiger partial charge in [0.1, 0.15) is 6.61 Å². The Hall–Kier alpha value is -2.16. The molecule has 0 unspecified atom stereocenters. The number of rotatable bonds is 6. The zero-order valence-corrected chi connectivity index (χ0v) is 9.63. The average molecular weight is 230 g/mol. The second kappa shape index (κ2) is 8.05. The number of carbonyl (C=O) groups excluding carboxylic acids is 1. The van der Waals surface area contributed by atoms with Gasteiger partial charge in [-0.3, -0.25) is 0 Å². The van der Waals surface area contributed by atoms with Crippen LogP contribution in [0.1, 0.15) is 5.56 Å². The number of nitrogens with one attached hydrogen (secondary N) is 1. The summed E-state index contributed by atoms with van der Waals surface area (Å²) in [7, 11) is 0. The van der Waals surface area contributed by atoms with E-state index in [0.29, 0.717) is 6.61 Å². The van der Waals surface area contributed by atoms with E-state index in [-0.39, 0.29) is 12.5 Å². The Bertz CT molecular complexity index is 407. The fourth-order valence-electron chi connectivity index (χ4n) is 1.13. The molecule has 0 heterocycles. The van der Waals surface area contributed by atoms with Gasteiger partial charge in [-0.1, -0.05) is 49.1 Å². The Morgan fingerprint density at radius 3 is 2.76 bits per heavy atom. The van der Waals surface area contributed by atoms with Gasteiger partial charge >= 0.3 is 5.97 Å². The quantitative estimate of drug-likeness (QED) is 0.442. The zero-order valence-electron chi connectivity index (χ0n) is 9.63.